The van der Waals surface area contributed by atoms with E-state index in [1.165, 1.54) is 12.1 Å². The Bertz CT molecular complexity index is 897. The molecule has 0 spiro atoms. The molecule has 0 amide bonds. The van der Waals surface area contributed by atoms with E-state index in [-0.39, 0.29) is 0 Å². The maximum atomic E-state index is 13.9. The van der Waals surface area contributed by atoms with Crippen LogP contribution in [0.25, 0.3) is 0 Å². The van der Waals surface area contributed by atoms with Crippen molar-refractivity contribution in [3.8, 4) is 0 Å². The van der Waals surface area contributed by atoms with Crippen LogP contribution in [0.5, 0.6) is 0 Å². The molecule has 1 saturated heterocycles. The minimum absolute atomic E-state index is 0.341. The Balaban J connectivity index is 1.37. The molecule has 1 aliphatic heterocycles. The van der Waals surface area contributed by atoms with Gasteiger partial charge in [0.2, 0.25) is 0 Å². The van der Waals surface area contributed by atoms with Crippen molar-refractivity contribution in [3.63, 3.8) is 0 Å². The second-order valence-electron chi connectivity index (χ2n) is 7.05. The van der Waals surface area contributed by atoms with Crippen LogP contribution >= 0.6 is 0 Å². The van der Waals surface area contributed by atoms with Gasteiger partial charge in [-0.1, -0.05) is 6.07 Å². The molecule has 1 aromatic carbocycles. The maximum absolute atomic E-state index is 13.9. The van der Waals surface area contributed by atoms with E-state index < -0.39 is 11.6 Å². The van der Waals surface area contributed by atoms with Gasteiger partial charge in [-0.2, -0.15) is 0 Å². The Labute approximate surface area is 156 Å². The van der Waals surface area contributed by atoms with Gasteiger partial charge in [0.25, 0.3) is 0 Å². The zero-order valence-corrected chi connectivity index (χ0v) is 15.2. The predicted octanol–water partition coefficient (Wildman–Crippen LogP) is 2.72. The van der Waals surface area contributed by atoms with Gasteiger partial charge in [-0.3, -0.25) is 4.90 Å². The van der Waals surface area contributed by atoms with Crippen LogP contribution < -0.4 is 0 Å². The highest BCUT2D eigenvalue weighted by atomic mass is 19.1. The van der Waals surface area contributed by atoms with Gasteiger partial charge in [0.15, 0.2) is 5.82 Å². The molecule has 0 atom stereocenters. The van der Waals surface area contributed by atoms with E-state index in [9.17, 15) is 8.78 Å². The van der Waals surface area contributed by atoms with Crippen molar-refractivity contribution in [1.82, 2.24) is 29.2 Å². The highest BCUT2D eigenvalue weighted by Gasteiger charge is 2.25. The molecule has 3 aromatic rings. The second kappa shape index (κ2) is 7.56. The molecule has 0 saturated carbocycles. The molecule has 3 heterocycles. The number of benzene rings is 1. The van der Waals surface area contributed by atoms with E-state index in [1.807, 2.05) is 17.8 Å². The molecule has 0 bridgehead atoms. The van der Waals surface area contributed by atoms with E-state index in [0.29, 0.717) is 24.6 Å². The highest BCUT2D eigenvalue weighted by molar-refractivity contribution is 5.18. The average molecular weight is 372 g/mol. The summed E-state index contributed by atoms with van der Waals surface area (Å²) >= 11 is 0. The van der Waals surface area contributed by atoms with E-state index in [1.54, 1.807) is 12.5 Å². The van der Waals surface area contributed by atoms with Gasteiger partial charge in [-0.25, -0.2) is 13.8 Å². The molecule has 1 fully saturated rings. The fourth-order valence-corrected chi connectivity index (χ4v) is 3.65. The Morgan fingerprint density at radius 3 is 2.63 bits per heavy atom. The fraction of sp³-hybridized carbons (Fsp3) is 0.421. The molecular weight excluding hydrogens is 350 g/mol. The predicted molar refractivity (Wildman–Crippen MR) is 95.9 cm³/mol. The van der Waals surface area contributed by atoms with Crippen LogP contribution in [0.1, 0.15) is 36.0 Å². The van der Waals surface area contributed by atoms with Crippen LogP contribution in [0.3, 0.4) is 0 Å². The third-order valence-electron chi connectivity index (χ3n) is 5.24. The third kappa shape index (κ3) is 3.90. The number of likely N-dealkylation sites (tertiary alicyclic amines) is 1. The third-order valence-corrected chi connectivity index (χ3v) is 5.24. The Morgan fingerprint density at radius 2 is 1.93 bits per heavy atom. The largest absolute Gasteiger partial charge is 0.330 e. The number of hydrogen-bond donors (Lipinski definition) is 0. The summed E-state index contributed by atoms with van der Waals surface area (Å²) in [5.74, 6) is 1.23. The van der Waals surface area contributed by atoms with Crippen molar-refractivity contribution in [3.05, 3.63) is 65.8 Å². The number of halogens is 2. The summed E-state index contributed by atoms with van der Waals surface area (Å²) in [6.45, 7) is 2.85. The van der Waals surface area contributed by atoms with Gasteiger partial charge in [-0.15, -0.1) is 10.2 Å². The van der Waals surface area contributed by atoms with Gasteiger partial charge in [0, 0.05) is 43.5 Å². The number of aromatic nitrogens is 5. The summed E-state index contributed by atoms with van der Waals surface area (Å²) in [4.78, 5) is 6.25. The van der Waals surface area contributed by atoms with Crippen molar-refractivity contribution in [1.29, 1.82) is 0 Å². The van der Waals surface area contributed by atoms with Crippen molar-refractivity contribution >= 4 is 0 Å². The molecule has 0 unspecified atom stereocenters. The second-order valence-corrected chi connectivity index (χ2v) is 7.05. The molecule has 27 heavy (non-hydrogen) atoms. The van der Waals surface area contributed by atoms with Crippen LogP contribution in [-0.4, -0.2) is 42.3 Å². The molecule has 1 aliphatic rings. The maximum Gasteiger partial charge on any atom is 0.152 e. The fourth-order valence-electron chi connectivity index (χ4n) is 3.65. The van der Waals surface area contributed by atoms with E-state index in [2.05, 4.69) is 24.6 Å². The number of rotatable bonds is 5. The van der Waals surface area contributed by atoms with Crippen molar-refractivity contribution < 1.29 is 8.78 Å². The van der Waals surface area contributed by atoms with Gasteiger partial charge < -0.3 is 9.13 Å². The Morgan fingerprint density at radius 1 is 1.11 bits per heavy atom. The van der Waals surface area contributed by atoms with Gasteiger partial charge >= 0.3 is 0 Å². The lowest BCUT2D eigenvalue weighted by molar-refractivity contribution is 0.198. The number of hydrogen-bond acceptors (Lipinski definition) is 4. The monoisotopic (exact) mass is 372 g/mol. The number of piperidine rings is 1. The minimum atomic E-state index is -0.538. The van der Waals surface area contributed by atoms with Crippen LogP contribution in [0.2, 0.25) is 0 Å². The summed E-state index contributed by atoms with van der Waals surface area (Å²) in [5.41, 5.74) is 0.538. The molecule has 0 aliphatic carbocycles. The summed E-state index contributed by atoms with van der Waals surface area (Å²) in [6, 6.07) is 3.79. The lowest BCUT2D eigenvalue weighted by Gasteiger charge is -2.31. The summed E-state index contributed by atoms with van der Waals surface area (Å²) in [6.07, 6.45) is 7.31. The molecule has 6 nitrogen and oxygen atoms in total. The first-order valence-electron chi connectivity index (χ1n) is 9.10. The van der Waals surface area contributed by atoms with Crippen molar-refractivity contribution in [2.45, 2.75) is 31.8 Å². The molecule has 4 rings (SSSR count). The van der Waals surface area contributed by atoms with Crippen molar-refractivity contribution in [2.75, 3.05) is 13.1 Å². The van der Waals surface area contributed by atoms with Gasteiger partial charge in [0.1, 0.15) is 17.5 Å². The van der Waals surface area contributed by atoms with Crippen LogP contribution in [0.4, 0.5) is 8.78 Å². The average Bonchev–Trinajstić information content (AvgIpc) is 3.29. The van der Waals surface area contributed by atoms with Crippen molar-refractivity contribution in [2.24, 2.45) is 7.05 Å². The minimum Gasteiger partial charge on any atom is -0.330 e. The van der Waals surface area contributed by atoms with Gasteiger partial charge in [-0.05, 0) is 32.0 Å². The SMILES string of the molecule is Cn1c(Cn2ccnc2)nnc1C1CCN(Cc2ccc(F)cc2F)CC1. The highest BCUT2D eigenvalue weighted by Crippen LogP contribution is 2.28. The normalized spacial score (nSPS) is 16.1. The smallest absolute Gasteiger partial charge is 0.152 e. The lowest BCUT2D eigenvalue weighted by atomic mass is 9.95. The lowest BCUT2D eigenvalue weighted by Crippen LogP contribution is -2.33. The summed E-state index contributed by atoms with van der Waals surface area (Å²) < 4.78 is 30.9. The van der Waals surface area contributed by atoms with Gasteiger partial charge in [0.05, 0.1) is 12.9 Å². The zero-order chi connectivity index (χ0) is 18.8. The Hall–Kier alpha value is -2.61. The Kier molecular flexibility index (Phi) is 4.98. The standard InChI is InChI=1S/C19H22F2N6/c1-25-18(12-27-9-6-22-13-27)23-24-19(25)14-4-7-26(8-5-14)11-15-2-3-16(20)10-17(15)21/h2-3,6,9-10,13-14H,4-5,7-8,11-12H2,1H3. The molecule has 0 radical (unpaired) electrons. The van der Waals surface area contributed by atoms with Crippen LogP contribution in [-0.2, 0) is 20.1 Å². The molecule has 2 aromatic heterocycles. The van der Waals surface area contributed by atoms with Crippen LogP contribution in [0.15, 0.2) is 36.9 Å². The quantitative estimate of drug-likeness (QED) is 0.691. The topological polar surface area (TPSA) is 51.8 Å². The van der Waals surface area contributed by atoms with E-state index in [0.717, 1.165) is 43.6 Å². The first-order valence-corrected chi connectivity index (χ1v) is 9.10. The molecule has 0 N–H and O–H groups in total. The number of imidazole rings is 1. The molecule has 142 valence electrons. The first kappa shape index (κ1) is 17.8. The molecule has 8 heteroatoms. The van der Waals surface area contributed by atoms with E-state index in [4.69, 9.17) is 0 Å². The first-order chi connectivity index (χ1) is 13.1. The van der Waals surface area contributed by atoms with E-state index >= 15 is 0 Å². The van der Waals surface area contributed by atoms with Crippen LogP contribution in [0, 0.1) is 11.6 Å². The molecular formula is C19H22F2N6. The summed E-state index contributed by atoms with van der Waals surface area (Å²) in [5, 5.41) is 8.75. The summed E-state index contributed by atoms with van der Waals surface area (Å²) in [7, 11) is 2.00. The number of nitrogens with zero attached hydrogens (tertiary/aromatic N) is 6. The zero-order valence-electron chi connectivity index (χ0n) is 15.2.